The highest BCUT2D eigenvalue weighted by Gasteiger charge is 2.36. The van der Waals surface area contributed by atoms with Crippen LogP contribution in [0.4, 0.5) is 0 Å². The molecular weight excluding hydrogens is 454 g/mol. The molecule has 0 saturated heterocycles. The molecule has 1 aliphatic rings. The molecule has 1 atom stereocenters. The van der Waals surface area contributed by atoms with Crippen molar-refractivity contribution in [3.63, 3.8) is 0 Å². The smallest absolute Gasteiger partial charge is 0.331 e. The summed E-state index contributed by atoms with van der Waals surface area (Å²) in [5.41, 5.74) is 4.96. The van der Waals surface area contributed by atoms with Gasteiger partial charge in [0.05, 0.1) is 35.1 Å². The molecule has 0 radical (unpaired) electrons. The standard InChI is InChI=1S/C29H25N3O4/c1-17-12-14-18(15-13-17)24-23-25(30(2)29(34)31(3)28(23)33)26-27(19-8-7-9-20(16-19)35-4)36-22-11-6-5-10-21(22)32(24)26/h5-16,27H,1-4H3. The van der Waals surface area contributed by atoms with Gasteiger partial charge in [0.25, 0.3) is 5.56 Å². The molecule has 3 heterocycles. The van der Waals surface area contributed by atoms with Gasteiger partial charge in [-0.3, -0.25) is 13.9 Å². The first kappa shape index (κ1) is 22.0. The van der Waals surface area contributed by atoms with Crippen molar-refractivity contribution in [2.24, 2.45) is 14.1 Å². The second-order valence-corrected chi connectivity index (χ2v) is 9.11. The van der Waals surface area contributed by atoms with Crippen molar-refractivity contribution in [3.05, 3.63) is 110 Å². The summed E-state index contributed by atoms with van der Waals surface area (Å²) >= 11 is 0. The largest absolute Gasteiger partial charge is 0.497 e. The average Bonchev–Trinajstić information content (AvgIpc) is 3.27. The van der Waals surface area contributed by atoms with Gasteiger partial charge in [0.15, 0.2) is 6.10 Å². The zero-order chi connectivity index (χ0) is 25.1. The average molecular weight is 480 g/mol. The Morgan fingerprint density at radius 3 is 2.39 bits per heavy atom. The highest BCUT2D eigenvalue weighted by molar-refractivity contribution is 5.98. The van der Waals surface area contributed by atoms with E-state index in [1.807, 2.05) is 79.7 Å². The maximum absolute atomic E-state index is 13.7. The molecule has 36 heavy (non-hydrogen) atoms. The number of benzene rings is 3. The summed E-state index contributed by atoms with van der Waals surface area (Å²) in [4.78, 5) is 26.8. The molecule has 0 saturated carbocycles. The third-order valence-corrected chi connectivity index (χ3v) is 6.93. The third-order valence-electron chi connectivity index (χ3n) is 6.93. The van der Waals surface area contributed by atoms with E-state index in [1.165, 1.54) is 11.6 Å². The number of nitrogens with zero attached hydrogens (tertiary/aromatic N) is 3. The molecule has 7 heteroatoms. The lowest BCUT2D eigenvalue weighted by atomic mass is 10.0. The van der Waals surface area contributed by atoms with Crippen LogP contribution in [-0.2, 0) is 14.1 Å². The van der Waals surface area contributed by atoms with Crippen LogP contribution in [0.2, 0.25) is 0 Å². The summed E-state index contributed by atoms with van der Waals surface area (Å²) < 4.78 is 16.9. The van der Waals surface area contributed by atoms with Gasteiger partial charge in [-0.25, -0.2) is 4.79 Å². The van der Waals surface area contributed by atoms with Crippen molar-refractivity contribution in [1.29, 1.82) is 0 Å². The first-order chi connectivity index (χ1) is 17.4. The number of para-hydroxylation sites is 2. The van der Waals surface area contributed by atoms with Gasteiger partial charge in [0.1, 0.15) is 11.5 Å². The lowest BCUT2D eigenvalue weighted by molar-refractivity contribution is 0.228. The summed E-state index contributed by atoms with van der Waals surface area (Å²) in [6.45, 7) is 2.03. The fourth-order valence-corrected chi connectivity index (χ4v) is 5.13. The summed E-state index contributed by atoms with van der Waals surface area (Å²) in [5, 5.41) is 0.478. The Labute approximate surface area is 207 Å². The van der Waals surface area contributed by atoms with E-state index in [2.05, 4.69) is 4.57 Å². The van der Waals surface area contributed by atoms with E-state index in [9.17, 15) is 9.59 Å². The van der Waals surface area contributed by atoms with Crippen molar-refractivity contribution in [3.8, 4) is 28.4 Å². The van der Waals surface area contributed by atoms with E-state index in [1.54, 1.807) is 18.7 Å². The minimum absolute atomic E-state index is 0.340. The number of aryl methyl sites for hydroxylation is 2. The van der Waals surface area contributed by atoms with E-state index < -0.39 is 6.10 Å². The Kier molecular flexibility index (Phi) is 4.89. The van der Waals surface area contributed by atoms with Gasteiger partial charge >= 0.3 is 5.69 Å². The van der Waals surface area contributed by atoms with E-state index in [4.69, 9.17) is 9.47 Å². The van der Waals surface area contributed by atoms with Gasteiger partial charge in [0, 0.05) is 19.7 Å². The highest BCUT2D eigenvalue weighted by atomic mass is 16.5. The normalized spacial score (nSPS) is 14.3. The molecule has 5 aromatic rings. The van der Waals surface area contributed by atoms with Crippen molar-refractivity contribution >= 4 is 10.9 Å². The molecule has 0 aliphatic carbocycles. The zero-order valence-electron chi connectivity index (χ0n) is 20.5. The lowest BCUT2D eigenvalue weighted by Crippen LogP contribution is -2.37. The number of methoxy groups -OCH3 is 1. The number of ether oxygens (including phenoxy) is 2. The molecule has 2 aromatic heterocycles. The van der Waals surface area contributed by atoms with Crippen molar-refractivity contribution in [1.82, 2.24) is 13.7 Å². The highest BCUT2D eigenvalue weighted by Crippen LogP contribution is 2.46. The summed E-state index contributed by atoms with van der Waals surface area (Å²) in [6.07, 6.45) is -0.575. The molecule has 7 nitrogen and oxygen atoms in total. The van der Waals surface area contributed by atoms with Crippen LogP contribution >= 0.6 is 0 Å². The van der Waals surface area contributed by atoms with Crippen LogP contribution in [0.5, 0.6) is 11.5 Å². The van der Waals surface area contributed by atoms with Crippen LogP contribution in [0, 0.1) is 6.92 Å². The van der Waals surface area contributed by atoms with Crippen LogP contribution in [0.1, 0.15) is 22.9 Å². The number of fused-ring (bicyclic) bond motifs is 5. The van der Waals surface area contributed by atoms with Gasteiger partial charge in [-0.1, -0.05) is 54.1 Å². The molecule has 6 rings (SSSR count). The van der Waals surface area contributed by atoms with Crippen LogP contribution in [0.3, 0.4) is 0 Å². The number of rotatable bonds is 3. The second-order valence-electron chi connectivity index (χ2n) is 9.11. The summed E-state index contributed by atoms with van der Waals surface area (Å²) in [6, 6.07) is 23.5. The van der Waals surface area contributed by atoms with Crippen molar-refractivity contribution in [2.45, 2.75) is 13.0 Å². The maximum atomic E-state index is 13.7. The predicted molar refractivity (Wildman–Crippen MR) is 139 cm³/mol. The Bertz CT molecular complexity index is 1770. The van der Waals surface area contributed by atoms with Gasteiger partial charge in [-0.15, -0.1) is 0 Å². The van der Waals surface area contributed by atoms with Crippen LogP contribution in [-0.4, -0.2) is 20.8 Å². The molecule has 0 spiro atoms. The molecule has 0 fully saturated rings. The quantitative estimate of drug-likeness (QED) is 0.382. The van der Waals surface area contributed by atoms with Crippen LogP contribution in [0.25, 0.3) is 27.8 Å². The Hall–Kier alpha value is -4.52. The minimum Gasteiger partial charge on any atom is -0.497 e. The van der Waals surface area contributed by atoms with E-state index in [0.717, 1.165) is 33.8 Å². The fourth-order valence-electron chi connectivity index (χ4n) is 5.13. The topological polar surface area (TPSA) is 67.4 Å². The summed E-state index contributed by atoms with van der Waals surface area (Å²) in [7, 11) is 4.84. The molecular formula is C29H25N3O4. The van der Waals surface area contributed by atoms with Crippen molar-refractivity contribution in [2.75, 3.05) is 7.11 Å². The van der Waals surface area contributed by atoms with Crippen LogP contribution in [0.15, 0.2) is 82.4 Å². The van der Waals surface area contributed by atoms with E-state index >= 15 is 0 Å². The fraction of sp³-hybridized carbons (Fsp3) is 0.172. The van der Waals surface area contributed by atoms with Crippen molar-refractivity contribution < 1.29 is 9.47 Å². The third kappa shape index (κ3) is 3.05. The van der Waals surface area contributed by atoms with E-state index in [0.29, 0.717) is 22.4 Å². The maximum Gasteiger partial charge on any atom is 0.331 e. The first-order valence-electron chi connectivity index (χ1n) is 11.7. The molecule has 3 aromatic carbocycles. The number of hydrogen-bond donors (Lipinski definition) is 0. The van der Waals surface area contributed by atoms with Gasteiger partial charge < -0.3 is 14.0 Å². The number of hydrogen-bond acceptors (Lipinski definition) is 4. The predicted octanol–water partition coefficient (Wildman–Crippen LogP) is 4.49. The Morgan fingerprint density at radius 1 is 0.889 bits per heavy atom. The molecule has 0 N–H and O–H groups in total. The molecule has 1 unspecified atom stereocenters. The minimum atomic E-state index is -0.575. The molecule has 180 valence electrons. The SMILES string of the molecule is COc1cccc(C2Oc3ccccc3-n3c(-c4ccc(C)cc4)c4c(=O)n(C)c(=O)n(C)c4c32)c1. The monoisotopic (exact) mass is 479 g/mol. The summed E-state index contributed by atoms with van der Waals surface area (Å²) in [5.74, 6) is 1.38. The zero-order valence-corrected chi connectivity index (χ0v) is 20.5. The van der Waals surface area contributed by atoms with Gasteiger partial charge in [0.2, 0.25) is 0 Å². The Balaban J connectivity index is 1.84. The Morgan fingerprint density at radius 2 is 1.64 bits per heavy atom. The van der Waals surface area contributed by atoms with Gasteiger partial charge in [-0.05, 0) is 36.8 Å². The van der Waals surface area contributed by atoms with Gasteiger partial charge in [-0.2, -0.15) is 0 Å². The first-order valence-corrected chi connectivity index (χ1v) is 11.7. The van der Waals surface area contributed by atoms with E-state index in [-0.39, 0.29) is 11.2 Å². The molecule has 0 amide bonds. The second kappa shape index (κ2) is 8.02. The molecule has 0 bridgehead atoms. The molecule has 1 aliphatic heterocycles. The van der Waals surface area contributed by atoms with Crippen LogP contribution < -0.4 is 20.7 Å². The number of aromatic nitrogens is 3. The lowest BCUT2D eigenvalue weighted by Gasteiger charge is -2.30.